The average Bonchev–Trinajstić information content (AvgIpc) is 2.75. The number of aliphatic carboxylic acids is 1. The molecule has 0 spiro atoms. The largest absolute Gasteiger partial charge is 0.480 e. The first kappa shape index (κ1) is 12.3. The van der Waals surface area contributed by atoms with Crippen molar-refractivity contribution in [1.29, 1.82) is 0 Å². The maximum absolute atomic E-state index is 11.2. The molecule has 0 bridgehead atoms. The van der Waals surface area contributed by atoms with Gasteiger partial charge in [-0.3, -0.25) is 0 Å². The van der Waals surface area contributed by atoms with Crippen molar-refractivity contribution >= 4 is 17.4 Å². The summed E-state index contributed by atoms with van der Waals surface area (Å²) in [4.78, 5) is 17.1. The molecule has 0 aromatic carbocycles. The Bertz CT molecular complexity index is 578. The van der Waals surface area contributed by atoms with Crippen LogP contribution in [0.4, 0.5) is 5.82 Å². The second-order valence-corrected chi connectivity index (χ2v) is 4.29. The van der Waals surface area contributed by atoms with Crippen molar-refractivity contribution < 1.29 is 9.90 Å². The van der Waals surface area contributed by atoms with E-state index in [-0.39, 0.29) is 0 Å². The normalized spacial score (nSPS) is 12.6. The van der Waals surface area contributed by atoms with Crippen molar-refractivity contribution in [1.82, 2.24) is 14.6 Å². The molecule has 96 valence electrons. The highest BCUT2D eigenvalue weighted by atomic mass is 16.4. The van der Waals surface area contributed by atoms with Crippen LogP contribution in [0.5, 0.6) is 0 Å². The van der Waals surface area contributed by atoms with E-state index in [9.17, 15) is 9.90 Å². The molecule has 0 aliphatic rings. The zero-order valence-corrected chi connectivity index (χ0v) is 10.7. The van der Waals surface area contributed by atoms with Gasteiger partial charge in [0.1, 0.15) is 18.2 Å². The Morgan fingerprint density at radius 3 is 2.89 bits per heavy atom. The van der Waals surface area contributed by atoms with E-state index in [1.807, 2.05) is 26.0 Å². The predicted octanol–water partition coefficient (Wildman–Crippen LogP) is 1.34. The van der Waals surface area contributed by atoms with Gasteiger partial charge in [-0.05, 0) is 31.0 Å². The number of rotatable bonds is 4. The quantitative estimate of drug-likeness (QED) is 0.884. The van der Waals surface area contributed by atoms with E-state index in [0.717, 1.165) is 17.0 Å². The number of carboxylic acid groups (broad SMARTS) is 1. The number of aryl methyl sites for hydroxylation is 1. The minimum Gasteiger partial charge on any atom is -0.480 e. The van der Waals surface area contributed by atoms with Crippen molar-refractivity contribution in [2.75, 3.05) is 11.9 Å². The maximum atomic E-state index is 11.2. The van der Waals surface area contributed by atoms with E-state index in [2.05, 4.69) is 10.1 Å². The third-order valence-corrected chi connectivity index (χ3v) is 3.01. The molecule has 1 unspecified atom stereocenters. The number of hydrogen-bond acceptors (Lipinski definition) is 4. The number of carbonyl (C=O) groups is 1. The van der Waals surface area contributed by atoms with E-state index in [4.69, 9.17) is 0 Å². The van der Waals surface area contributed by atoms with Crippen molar-refractivity contribution in [3.8, 4) is 0 Å². The maximum Gasteiger partial charge on any atom is 0.326 e. The first-order valence-electron chi connectivity index (χ1n) is 5.80. The van der Waals surface area contributed by atoms with Crippen LogP contribution in [0.2, 0.25) is 0 Å². The van der Waals surface area contributed by atoms with Gasteiger partial charge in [-0.2, -0.15) is 9.61 Å². The number of aromatic nitrogens is 3. The molecule has 0 radical (unpaired) electrons. The highest BCUT2D eigenvalue weighted by molar-refractivity contribution is 5.77. The second-order valence-electron chi connectivity index (χ2n) is 4.29. The molecule has 0 saturated heterocycles. The summed E-state index contributed by atoms with van der Waals surface area (Å²) in [6.45, 7) is 3.80. The molecule has 1 atom stereocenters. The summed E-state index contributed by atoms with van der Waals surface area (Å²) in [5.74, 6) is -0.105. The fourth-order valence-corrected chi connectivity index (χ4v) is 2.06. The molecule has 1 N–H and O–H groups in total. The fraction of sp³-hybridized carbons (Fsp3) is 0.417. The lowest BCUT2D eigenvalue weighted by Gasteiger charge is -2.26. The topological polar surface area (TPSA) is 70.7 Å². The van der Waals surface area contributed by atoms with Crippen LogP contribution >= 0.6 is 0 Å². The van der Waals surface area contributed by atoms with Gasteiger partial charge in [-0.25, -0.2) is 9.78 Å². The Hall–Kier alpha value is -2.11. The molecule has 0 amide bonds. The summed E-state index contributed by atoms with van der Waals surface area (Å²) in [6, 6.07) is 3.25. The first-order chi connectivity index (χ1) is 8.54. The van der Waals surface area contributed by atoms with Crippen LogP contribution in [0, 0.1) is 6.92 Å². The molecule has 2 aromatic heterocycles. The summed E-state index contributed by atoms with van der Waals surface area (Å²) >= 11 is 0. The zero-order chi connectivity index (χ0) is 13.3. The highest BCUT2D eigenvalue weighted by Crippen LogP contribution is 2.19. The van der Waals surface area contributed by atoms with Gasteiger partial charge in [-0.1, -0.05) is 6.92 Å². The number of pyridine rings is 1. The molecule has 0 fully saturated rings. The Balaban J connectivity index is 2.52. The van der Waals surface area contributed by atoms with Crippen LogP contribution < -0.4 is 4.90 Å². The van der Waals surface area contributed by atoms with E-state index in [1.54, 1.807) is 16.5 Å². The summed E-state index contributed by atoms with van der Waals surface area (Å²) in [5.41, 5.74) is 1.75. The van der Waals surface area contributed by atoms with Crippen molar-refractivity contribution in [2.24, 2.45) is 0 Å². The fourth-order valence-electron chi connectivity index (χ4n) is 2.06. The molecule has 18 heavy (non-hydrogen) atoms. The second kappa shape index (κ2) is 4.64. The number of fused-ring (bicyclic) bond motifs is 1. The number of nitrogens with zero attached hydrogens (tertiary/aromatic N) is 4. The van der Waals surface area contributed by atoms with Crippen LogP contribution in [0.15, 0.2) is 18.5 Å². The van der Waals surface area contributed by atoms with Crippen LogP contribution in [0.3, 0.4) is 0 Å². The molecule has 6 heteroatoms. The highest BCUT2D eigenvalue weighted by Gasteiger charge is 2.23. The number of carboxylic acids is 1. The summed E-state index contributed by atoms with van der Waals surface area (Å²) in [7, 11) is 1.76. The van der Waals surface area contributed by atoms with E-state index >= 15 is 0 Å². The minimum absolute atomic E-state index is 0.524. The van der Waals surface area contributed by atoms with Gasteiger partial charge in [0, 0.05) is 7.05 Å². The molecule has 6 nitrogen and oxygen atoms in total. The van der Waals surface area contributed by atoms with Crippen molar-refractivity contribution in [3.63, 3.8) is 0 Å². The number of anilines is 1. The zero-order valence-electron chi connectivity index (χ0n) is 10.7. The van der Waals surface area contributed by atoms with Crippen LogP contribution in [-0.4, -0.2) is 38.8 Å². The number of hydrogen-bond donors (Lipinski definition) is 1. The number of likely N-dealkylation sites (N-methyl/N-ethyl adjacent to an activating group) is 1. The Kier molecular flexibility index (Phi) is 3.18. The smallest absolute Gasteiger partial charge is 0.326 e. The van der Waals surface area contributed by atoms with Gasteiger partial charge in [-0.15, -0.1) is 0 Å². The monoisotopic (exact) mass is 248 g/mol. The third kappa shape index (κ3) is 2.01. The van der Waals surface area contributed by atoms with Gasteiger partial charge in [0.25, 0.3) is 0 Å². The van der Waals surface area contributed by atoms with E-state index in [1.165, 1.54) is 6.33 Å². The Morgan fingerprint density at radius 1 is 1.56 bits per heavy atom. The summed E-state index contributed by atoms with van der Waals surface area (Å²) in [6.07, 6.45) is 1.99. The summed E-state index contributed by atoms with van der Waals surface area (Å²) < 4.78 is 1.65. The first-order valence-corrected chi connectivity index (χ1v) is 5.80. The molecule has 0 saturated carbocycles. The Labute approximate surface area is 105 Å². The lowest BCUT2D eigenvalue weighted by molar-refractivity contribution is -0.138. The molecular weight excluding hydrogens is 232 g/mol. The Morgan fingerprint density at radius 2 is 2.28 bits per heavy atom. The van der Waals surface area contributed by atoms with Gasteiger partial charge < -0.3 is 10.0 Å². The van der Waals surface area contributed by atoms with Gasteiger partial charge in [0.15, 0.2) is 5.65 Å². The van der Waals surface area contributed by atoms with Crippen LogP contribution in [0.25, 0.3) is 5.65 Å². The molecule has 0 aliphatic carbocycles. The van der Waals surface area contributed by atoms with Crippen LogP contribution in [0.1, 0.15) is 18.9 Å². The van der Waals surface area contributed by atoms with Gasteiger partial charge in [0.05, 0.1) is 0 Å². The van der Waals surface area contributed by atoms with E-state index < -0.39 is 12.0 Å². The van der Waals surface area contributed by atoms with Crippen molar-refractivity contribution in [3.05, 3.63) is 24.0 Å². The van der Waals surface area contributed by atoms with Crippen molar-refractivity contribution in [2.45, 2.75) is 26.3 Å². The SMILES string of the molecule is CCC(C(=O)O)N(C)c1cc(C)cc2ncnn12. The van der Waals surface area contributed by atoms with Gasteiger partial charge in [0.2, 0.25) is 0 Å². The standard InChI is InChI=1S/C12H16N4O2/c1-4-9(12(17)18)15(3)11-6-8(2)5-10-13-7-14-16(10)11/h5-7,9H,4H2,1-3H3,(H,17,18). The third-order valence-electron chi connectivity index (χ3n) is 3.01. The minimum atomic E-state index is -0.838. The average molecular weight is 248 g/mol. The molecule has 2 rings (SSSR count). The predicted molar refractivity (Wildman–Crippen MR) is 67.8 cm³/mol. The molecule has 0 aliphatic heterocycles. The molecule has 2 aromatic rings. The lowest BCUT2D eigenvalue weighted by atomic mass is 10.2. The van der Waals surface area contributed by atoms with Crippen LogP contribution in [-0.2, 0) is 4.79 Å². The molecule has 2 heterocycles. The van der Waals surface area contributed by atoms with Gasteiger partial charge >= 0.3 is 5.97 Å². The summed E-state index contributed by atoms with van der Waals surface area (Å²) in [5, 5.41) is 13.3. The van der Waals surface area contributed by atoms with E-state index in [0.29, 0.717) is 6.42 Å². The molecular formula is C12H16N4O2. The lowest BCUT2D eigenvalue weighted by Crippen LogP contribution is -2.39.